The third-order valence-electron chi connectivity index (χ3n) is 3.58. The van der Waals surface area contributed by atoms with Crippen molar-refractivity contribution in [2.24, 2.45) is 0 Å². The van der Waals surface area contributed by atoms with Crippen molar-refractivity contribution in [1.82, 2.24) is 10.6 Å². The van der Waals surface area contributed by atoms with Crippen LogP contribution in [-0.4, -0.2) is 25.6 Å². The topological polar surface area (TPSA) is 50.4 Å². The summed E-state index contributed by atoms with van der Waals surface area (Å²) in [5.74, 6) is 0.907. The minimum Gasteiger partial charge on any atom is -0.497 e. The van der Waals surface area contributed by atoms with Crippen LogP contribution in [0.25, 0.3) is 0 Å². The monoisotopic (exact) mass is 262 g/mol. The Kier molecular flexibility index (Phi) is 4.80. The lowest BCUT2D eigenvalue weighted by molar-refractivity contribution is -0.124. The molecule has 1 fully saturated rings. The summed E-state index contributed by atoms with van der Waals surface area (Å²) in [6, 6.07) is 7.75. The van der Waals surface area contributed by atoms with E-state index in [2.05, 4.69) is 10.6 Å². The number of amides is 1. The molecule has 4 heteroatoms. The highest BCUT2D eigenvalue weighted by molar-refractivity contribution is 5.82. The van der Waals surface area contributed by atoms with Crippen molar-refractivity contribution in [3.8, 4) is 5.75 Å². The highest BCUT2D eigenvalue weighted by atomic mass is 16.5. The molecule has 104 valence electrons. The van der Waals surface area contributed by atoms with Crippen LogP contribution in [0, 0.1) is 0 Å². The number of benzene rings is 1. The average Bonchev–Trinajstić information content (AvgIpc) is 2.48. The number of carbonyl (C=O) groups excluding carboxylic acids is 1. The number of carbonyl (C=O) groups is 1. The van der Waals surface area contributed by atoms with Crippen molar-refractivity contribution in [1.29, 1.82) is 0 Å². The SMILES string of the molecule is COc1cccc(C(C)NC(=O)[C@H]2CCCCN2)c1. The van der Waals surface area contributed by atoms with Gasteiger partial charge in [-0.25, -0.2) is 0 Å². The Hall–Kier alpha value is -1.55. The first-order valence-electron chi connectivity index (χ1n) is 6.88. The number of ether oxygens (including phenoxy) is 1. The van der Waals surface area contributed by atoms with Gasteiger partial charge in [0.05, 0.1) is 19.2 Å². The molecular weight excluding hydrogens is 240 g/mol. The van der Waals surface area contributed by atoms with Crippen LogP contribution in [0.2, 0.25) is 0 Å². The van der Waals surface area contributed by atoms with Crippen LogP contribution < -0.4 is 15.4 Å². The van der Waals surface area contributed by atoms with Crippen LogP contribution in [0.1, 0.15) is 37.8 Å². The number of piperidine rings is 1. The summed E-state index contributed by atoms with van der Waals surface area (Å²) < 4.78 is 5.20. The van der Waals surface area contributed by atoms with E-state index in [4.69, 9.17) is 4.74 Å². The summed E-state index contributed by atoms with van der Waals surface area (Å²) in [5, 5.41) is 6.32. The van der Waals surface area contributed by atoms with Crippen LogP contribution in [-0.2, 0) is 4.79 Å². The highest BCUT2D eigenvalue weighted by Crippen LogP contribution is 2.19. The van der Waals surface area contributed by atoms with E-state index in [1.54, 1.807) is 7.11 Å². The van der Waals surface area contributed by atoms with Gasteiger partial charge in [0.1, 0.15) is 5.75 Å². The molecule has 1 aliphatic rings. The van der Waals surface area contributed by atoms with Gasteiger partial charge in [0.25, 0.3) is 0 Å². The molecule has 1 unspecified atom stereocenters. The molecule has 2 N–H and O–H groups in total. The van der Waals surface area contributed by atoms with Crippen LogP contribution in [0.3, 0.4) is 0 Å². The molecule has 0 aromatic heterocycles. The fourth-order valence-corrected chi connectivity index (χ4v) is 2.38. The molecule has 0 saturated carbocycles. The van der Waals surface area contributed by atoms with Gasteiger partial charge in [0, 0.05) is 0 Å². The summed E-state index contributed by atoms with van der Waals surface area (Å²) >= 11 is 0. The minimum atomic E-state index is -0.0400. The quantitative estimate of drug-likeness (QED) is 0.872. The third-order valence-corrected chi connectivity index (χ3v) is 3.58. The molecule has 2 atom stereocenters. The largest absolute Gasteiger partial charge is 0.497 e. The number of nitrogens with one attached hydrogen (secondary N) is 2. The van der Waals surface area contributed by atoms with Gasteiger partial charge in [-0.3, -0.25) is 4.79 Å². The zero-order chi connectivity index (χ0) is 13.7. The van der Waals surface area contributed by atoms with Gasteiger partial charge >= 0.3 is 0 Å². The summed E-state index contributed by atoms with van der Waals surface area (Å²) in [4.78, 5) is 12.1. The van der Waals surface area contributed by atoms with Crippen LogP contribution in [0.5, 0.6) is 5.75 Å². The lowest BCUT2D eigenvalue weighted by atomic mass is 10.0. The fraction of sp³-hybridized carbons (Fsp3) is 0.533. The third kappa shape index (κ3) is 3.70. The fourth-order valence-electron chi connectivity index (χ4n) is 2.38. The molecule has 4 nitrogen and oxygen atoms in total. The van der Waals surface area contributed by atoms with Gasteiger partial charge < -0.3 is 15.4 Å². The summed E-state index contributed by atoms with van der Waals surface area (Å²) in [6.45, 7) is 2.93. The Balaban J connectivity index is 1.95. The first kappa shape index (κ1) is 13.9. The normalized spacial score (nSPS) is 20.6. The summed E-state index contributed by atoms with van der Waals surface area (Å²) in [5.41, 5.74) is 1.06. The molecule has 0 spiro atoms. The van der Waals surface area contributed by atoms with Crippen molar-refractivity contribution in [2.75, 3.05) is 13.7 Å². The van der Waals surface area contributed by atoms with Gasteiger partial charge in [-0.15, -0.1) is 0 Å². The van der Waals surface area contributed by atoms with Crippen molar-refractivity contribution in [3.63, 3.8) is 0 Å². The van der Waals surface area contributed by atoms with Gasteiger partial charge in [0.15, 0.2) is 0 Å². The molecule has 0 aliphatic carbocycles. The predicted molar refractivity (Wildman–Crippen MR) is 75.2 cm³/mol. The van der Waals surface area contributed by atoms with Gasteiger partial charge in [-0.1, -0.05) is 18.6 Å². The van der Waals surface area contributed by atoms with E-state index in [0.717, 1.165) is 37.1 Å². The highest BCUT2D eigenvalue weighted by Gasteiger charge is 2.22. The first-order chi connectivity index (χ1) is 9.20. The maximum Gasteiger partial charge on any atom is 0.237 e. The van der Waals surface area contributed by atoms with E-state index in [-0.39, 0.29) is 18.0 Å². The Morgan fingerprint density at radius 3 is 3.00 bits per heavy atom. The van der Waals surface area contributed by atoms with E-state index in [0.29, 0.717) is 0 Å². The minimum absolute atomic E-state index is 0.00803. The first-order valence-corrected chi connectivity index (χ1v) is 6.88. The molecule has 1 saturated heterocycles. The molecule has 1 aromatic carbocycles. The molecule has 0 bridgehead atoms. The molecule has 0 radical (unpaired) electrons. The lowest BCUT2D eigenvalue weighted by Gasteiger charge is -2.24. The Bertz CT molecular complexity index is 428. The lowest BCUT2D eigenvalue weighted by Crippen LogP contribution is -2.47. The number of rotatable bonds is 4. The average molecular weight is 262 g/mol. The van der Waals surface area contributed by atoms with Gasteiger partial charge in [-0.2, -0.15) is 0 Å². The van der Waals surface area contributed by atoms with Crippen LogP contribution in [0.15, 0.2) is 24.3 Å². The van der Waals surface area contributed by atoms with Crippen LogP contribution in [0.4, 0.5) is 0 Å². The molecule has 19 heavy (non-hydrogen) atoms. The van der Waals surface area contributed by atoms with E-state index in [1.807, 2.05) is 31.2 Å². The molecule has 1 heterocycles. The second kappa shape index (κ2) is 6.57. The van der Waals surface area contributed by atoms with Crippen molar-refractivity contribution in [3.05, 3.63) is 29.8 Å². The Morgan fingerprint density at radius 2 is 2.32 bits per heavy atom. The smallest absolute Gasteiger partial charge is 0.237 e. The van der Waals surface area contributed by atoms with E-state index < -0.39 is 0 Å². The van der Waals surface area contributed by atoms with Crippen molar-refractivity contribution in [2.45, 2.75) is 38.3 Å². The van der Waals surface area contributed by atoms with E-state index in [9.17, 15) is 4.79 Å². The maximum absolute atomic E-state index is 12.1. The molecule has 2 rings (SSSR count). The van der Waals surface area contributed by atoms with E-state index >= 15 is 0 Å². The number of methoxy groups -OCH3 is 1. The summed E-state index contributed by atoms with van der Waals surface area (Å²) in [6.07, 6.45) is 3.21. The van der Waals surface area contributed by atoms with Crippen LogP contribution >= 0.6 is 0 Å². The summed E-state index contributed by atoms with van der Waals surface area (Å²) in [7, 11) is 1.65. The van der Waals surface area contributed by atoms with Crippen molar-refractivity contribution < 1.29 is 9.53 Å². The Labute approximate surface area is 114 Å². The number of hydrogen-bond acceptors (Lipinski definition) is 3. The predicted octanol–water partition coefficient (Wildman–Crippen LogP) is 2.01. The zero-order valence-corrected chi connectivity index (χ0v) is 11.6. The molecule has 1 amide bonds. The van der Waals surface area contributed by atoms with E-state index in [1.165, 1.54) is 0 Å². The maximum atomic E-state index is 12.1. The van der Waals surface area contributed by atoms with Gasteiger partial charge in [0.2, 0.25) is 5.91 Å². The number of hydrogen-bond donors (Lipinski definition) is 2. The Morgan fingerprint density at radius 1 is 1.47 bits per heavy atom. The standard InChI is InChI=1S/C15H22N2O2/c1-11(12-6-5-7-13(10-12)19-2)17-15(18)14-8-3-4-9-16-14/h5-7,10-11,14,16H,3-4,8-9H2,1-2H3,(H,17,18)/t11?,14-/m1/s1. The second-order valence-corrected chi connectivity index (χ2v) is 5.01. The zero-order valence-electron chi connectivity index (χ0n) is 11.6. The second-order valence-electron chi connectivity index (χ2n) is 5.01. The molecular formula is C15H22N2O2. The van der Waals surface area contributed by atoms with Gasteiger partial charge in [-0.05, 0) is 44.0 Å². The molecule has 1 aliphatic heterocycles. The van der Waals surface area contributed by atoms with Crippen molar-refractivity contribution >= 4 is 5.91 Å². The molecule has 1 aromatic rings.